The molecule has 2 fully saturated rings. The Morgan fingerprint density at radius 3 is 2.73 bits per heavy atom. The monoisotopic (exact) mass is 175 g/mol. The molecule has 2 unspecified atom stereocenters. The molecular formula is C7H13NO2S. The first-order valence-corrected chi connectivity index (χ1v) is 5.86. The van der Waals surface area contributed by atoms with Gasteiger partial charge in [0.25, 0.3) is 0 Å². The normalized spacial score (nSPS) is 43.2. The number of hydrogen-bond acceptors (Lipinski definition) is 3. The van der Waals surface area contributed by atoms with Gasteiger partial charge in [0.2, 0.25) is 0 Å². The average molecular weight is 175 g/mol. The Balaban J connectivity index is 2.27. The predicted molar refractivity (Wildman–Crippen MR) is 43.2 cm³/mol. The molecule has 1 saturated heterocycles. The second kappa shape index (κ2) is 1.98. The second-order valence-electron chi connectivity index (χ2n) is 3.70. The zero-order valence-corrected chi connectivity index (χ0v) is 7.45. The first-order chi connectivity index (χ1) is 5.06. The molecule has 1 saturated carbocycles. The third-order valence-corrected chi connectivity index (χ3v) is 5.13. The Kier molecular flexibility index (Phi) is 1.36. The number of piperidine rings is 1. The number of hydrogen-bond donors (Lipinski definition) is 1. The highest BCUT2D eigenvalue weighted by atomic mass is 32.2. The Hall–Kier alpha value is -0.0900. The number of fused-ring (bicyclic) bond motifs is 1. The fourth-order valence-corrected chi connectivity index (χ4v) is 3.69. The van der Waals surface area contributed by atoms with Gasteiger partial charge in [-0.25, -0.2) is 8.42 Å². The number of rotatable bonds is 1. The van der Waals surface area contributed by atoms with Gasteiger partial charge in [0.1, 0.15) is 0 Å². The van der Waals surface area contributed by atoms with Crippen molar-refractivity contribution in [1.82, 2.24) is 5.32 Å². The van der Waals surface area contributed by atoms with Crippen molar-refractivity contribution >= 4 is 9.84 Å². The van der Waals surface area contributed by atoms with Gasteiger partial charge in [0, 0.05) is 12.8 Å². The minimum absolute atomic E-state index is 0.356. The van der Waals surface area contributed by atoms with Crippen LogP contribution in [0.3, 0.4) is 0 Å². The van der Waals surface area contributed by atoms with Crippen molar-refractivity contribution in [1.29, 1.82) is 0 Å². The van der Waals surface area contributed by atoms with E-state index in [9.17, 15) is 8.42 Å². The van der Waals surface area contributed by atoms with Gasteiger partial charge in [0.05, 0.1) is 4.75 Å². The standard InChI is InChI=1S/C7H13NO2S/c1-11(9,10)7-4-6(7)2-3-8-5-7/h6,8H,2-5H2,1H3. The third kappa shape index (κ3) is 0.924. The maximum atomic E-state index is 11.3. The molecule has 0 aromatic carbocycles. The SMILES string of the molecule is CS(=O)(=O)C12CNCCC1C2. The largest absolute Gasteiger partial charge is 0.315 e. The van der Waals surface area contributed by atoms with E-state index in [0.717, 1.165) is 19.4 Å². The van der Waals surface area contributed by atoms with Gasteiger partial charge < -0.3 is 5.32 Å². The summed E-state index contributed by atoms with van der Waals surface area (Å²) in [5, 5.41) is 3.14. The van der Waals surface area contributed by atoms with Crippen molar-refractivity contribution in [3.63, 3.8) is 0 Å². The van der Waals surface area contributed by atoms with Crippen molar-refractivity contribution in [2.45, 2.75) is 17.6 Å². The molecule has 4 heteroatoms. The van der Waals surface area contributed by atoms with Gasteiger partial charge in [-0.05, 0) is 25.3 Å². The molecule has 2 rings (SSSR count). The molecule has 2 aliphatic rings. The molecule has 1 aliphatic heterocycles. The molecule has 0 bridgehead atoms. The van der Waals surface area contributed by atoms with E-state index in [4.69, 9.17) is 0 Å². The fraction of sp³-hybridized carbons (Fsp3) is 1.00. The highest BCUT2D eigenvalue weighted by Gasteiger charge is 2.62. The van der Waals surface area contributed by atoms with Crippen LogP contribution in [0.15, 0.2) is 0 Å². The molecule has 0 aromatic heterocycles. The van der Waals surface area contributed by atoms with E-state index in [1.165, 1.54) is 6.26 Å². The number of sulfone groups is 1. The Labute approximate surface area is 67.1 Å². The first-order valence-electron chi connectivity index (χ1n) is 3.97. The van der Waals surface area contributed by atoms with E-state index in [2.05, 4.69) is 5.32 Å². The van der Waals surface area contributed by atoms with E-state index in [1.807, 2.05) is 0 Å². The molecule has 0 radical (unpaired) electrons. The van der Waals surface area contributed by atoms with E-state index in [1.54, 1.807) is 0 Å². The lowest BCUT2D eigenvalue weighted by atomic mass is 10.2. The van der Waals surface area contributed by atoms with E-state index in [-0.39, 0.29) is 4.75 Å². The Morgan fingerprint density at radius 1 is 1.55 bits per heavy atom. The third-order valence-electron chi connectivity index (χ3n) is 3.01. The van der Waals surface area contributed by atoms with Crippen LogP contribution in [0.4, 0.5) is 0 Å². The lowest BCUT2D eigenvalue weighted by Crippen LogP contribution is -2.41. The molecule has 0 aromatic rings. The van der Waals surface area contributed by atoms with Crippen LogP contribution in [0.1, 0.15) is 12.8 Å². The van der Waals surface area contributed by atoms with Gasteiger partial charge in [-0.2, -0.15) is 0 Å². The predicted octanol–water partition coefficient (Wildman–Crippen LogP) is -0.217. The smallest absolute Gasteiger partial charge is 0.154 e. The second-order valence-corrected chi connectivity index (χ2v) is 6.06. The van der Waals surface area contributed by atoms with Crippen LogP contribution in [-0.4, -0.2) is 32.5 Å². The lowest BCUT2D eigenvalue weighted by Gasteiger charge is -2.20. The summed E-state index contributed by atoms with van der Waals surface area (Å²) in [5.74, 6) is 0.457. The highest BCUT2D eigenvalue weighted by molar-refractivity contribution is 7.92. The van der Waals surface area contributed by atoms with Crippen molar-refractivity contribution < 1.29 is 8.42 Å². The summed E-state index contributed by atoms with van der Waals surface area (Å²) >= 11 is 0. The molecule has 0 spiro atoms. The Bertz CT molecular complexity index is 272. The summed E-state index contributed by atoms with van der Waals surface area (Å²) in [5.41, 5.74) is 0. The summed E-state index contributed by atoms with van der Waals surface area (Å²) in [7, 11) is -2.81. The molecule has 1 aliphatic carbocycles. The van der Waals surface area contributed by atoms with Crippen LogP contribution in [0.5, 0.6) is 0 Å². The summed E-state index contributed by atoms with van der Waals surface area (Å²) in [4.78, 5) is 0. The van der Waals surface area contributed by atoms with Gasteiger partial charge >= 0.3 is 0 Å². The van der Waals surface area contributed by atoms with E-state index < -0.39 is 9.84 Å². The van der Waals surface area contributed by atoms with Crippen LogP contribution in [0.2, 0.25) is 0 Å². The first kappa shape index (κ1) is 7.55. The zero-order chi connectivity index (χ0) is 8.11. The van der Waals surface area contributed by atoms with Crippen molar-refractivity contribution in [2.75, 3.05) is 19.3 Å². The highest BCUT2D eigenvalue weighted by Crippen LogP contribution is 2.52. The summed E-state index contributed by atoms with van der Waals surface area (Å²) in [6.45, 7) is 1.67. The van der Waals surface area contributed by atoms with Gasteiger partial charge in [-0.3, -0.25) is 0 Å². The lowest BCUT2D eigenvalue weighted by molar-refractivity contribution is 0.490. The zero-order valence-electron chi connectivity index (χ0n) is 6.63. The average Bonchev–Trinajstić information content (AvgIpc) is 2.59. The molecule has 2 atom stereocenters. The van der Waals surface area contributed by atoms with E-state index in [0.29, 0.717) is 12.5 Å². The van der Waals surface area contributed by atoms with Crippen LogP contribution in [-0.2, 0) is 9.84 Å². The van der Waals surface area contributed by atoms with Crippen LogP contribution < -0.4 is 5.32 Å². The molecule has 11 heavy (non-hydrogen) atoms. The maximum absolute atomic E-state index is 11.3. The maximum Gasteiger partial charge on any atom is 0.154 e. The summed E-state index contributed by atoms with van der Waals surface area (Å²) in [6, 6.07) is 0. The minimum atomic E-state index is -2.81. The molecule has 1 heterocycles. The quantitative estimate of drug-likeness (QED) is 0.599. The topological polar surface area (TPSA) is 46.2 Å². The van der Waals surface area contributed by atoms with Gasteiger partial charge in [-0.15, -0.1) is 0 Å². The molecule has 0 amide bonds. The van der Waals surface area contributed by atoms with Gasteiger partial charge in [-0.1, -0.05) is 0 Å². The molecule has 1 N–H and O–H groups in total. The number of nitrogens with one attached hydrogen (secondary N) is 1. The van der Waals surface area contributed by atoms with Crippen molar-refractivity contribution in [3.05, 3.63) is 0 Å². The van der Waals surface area contributed by atoms with Crippen LogP contribution in [0.25, 0.3) is 0 Å². The Morgan fingerprint density at radius 2 is 2.27 bits per heavy atom. The minimum Gasteiger partial charge on any atom is -0.315 e. The van der Waals surface area contributed by atoms with Crippen LogP contribution in [0, 0.1) is 5.92 Å². The molecule has 3 nitrogen and oxygen atoms in total. The van der Waals surface area contributed by atoms with Crippen LogP contribution >= 0.6 is 0 Å². The van der Waals surface area contributed by atoms with Crippen molar-refractivity contribution in [2.24, 2.45) is 5.92 Å². The molecule has 64 valence electrons. The summed E-state index contributed by atoms with van der Waals surface area (Å²) < 4.78 is 22.3. The fourth-order valence-electron chi connectivity index (χ4n) is 2.10. The van der Waals surface area contributed by atoms with Gasteiger partial charge in [0.15, 0.2) is 9.84 Å². The van der Waals surface area contributed by atoms with E-state index >= 15 is 0 Å². The summed E-state index contributed by atoms with van der Waals surface area (Å²) in [6.07, 6.45) is 3.28. The van der Waals surface area contributed by atoms with Crippen molar-refractivity contribution in [3.8, 4) is 0 Å². The molecular weight excluding hydrogens is 162 g/mol.